The summed E-state index contributed by atoms with van der Waals surface area (Å²) < 4.78 is 0. The molecule has 2 aromatic carbocycles. The first-order valence-corrected chi connectivity index (χ1v) is 7.06. The summed E-state index contributed by atoms with van der Waals surface area (Å²) >= 11 is 0. The SMILES string of the molecule is CC(=O)N(C(=O)NCCc1ccccc1)c1cccc(N)c1. The lowest BCUT2D eigenvalue weighted by Gasteiger charge is -2.20. The minimum Gasteiger partial charge on any atom is -0.399 e. The lowest BCUT2D eigenvalue weighted by atomic mass is 10.1. The fraction of sp³-hybridized carbons (Fsp3) is 0.176. The maximum Gasteiger partial charge on any atom is 0.328 e. The second-order valence-electron chi connectivity index (χ2n) is 4.92. The molecule has 22 heavy (non-hydrogen) atoms. The second-order valence-corrected chi connectivity index (χ2v) is 4.92. The largest absolute Gasteiger partial charge is 0.399 e. The van der Waals surface area contributed by atoms with Crippen molar-refractivity contribution in [3.63, 3.8) is 0 Å². The van der Waals surface area contributed by atoms with Gasteiger partial charge in [-0.15, -0.1) is 0 Å². The van der Waals surface area contributed by atoms with E-state index < -0.39 is 6.03 Å². The maximum atomic E-state index is 12.2. The lowest BCUT2D eigenvalue weighted by Crippen LogP contribution is -2.43. The van der Waals surface area contributed by atoms with Gasteiger partial charge >= 0.3 is 6.03 Å². The van der Waals surface area contributed by atoms with Crippen LogP contribution in [0.25, 0.3) is 0 Å². The van der Waals surface area contributed by atoms with Crippen LogP contribution in [0.15, 0.2) is 54.6 Å². The van der Waals surface area contributed by atoms with E-state index >= 15 is 0 Å². The topological polar surface area (TPSA) is 75.4 Å². The Bertz CT molecular complexity index is 656. The molecule has 0 spiro atoms. The van der Waals surface area contributed by atoms with Crippen molar-refractivity contribution < 1.29 is 9.59 Å². The van der Waals surface area contributed by atoms with E-state index in [9.17, 15) is 9.59 Å². The second kappa shape index (κ2) is 7.26. The van der Waals surface area contributed by atoms with Gasteiger partial charge in [-0.2, -0.15) is 0 Å². The van der Waals surface area contributed by atoms with Crippen LogP contribution in [0, 0.1) is 0 Å². The fourth-order valence-corrected chi connectivity index (χ4v) is 2.14. The maximum absolute atomic E-state index is 12.2. The normalized spacial score (nSPS) is 10.0. The van der Waals surface area contributed by atoms with Crippen LogP contribution in [0.1, 0.15) is 12.5 Å². The number of rotatable bonds is 4. The van der Waals surface area contributed by atoms with Crippen molar-refractivity contribution in [3.8, 4) is 0 Å². The van der Waals surface area contributed by atoms with Gasteiger partial charge in [-0.1, -0.05) is 36.4 Å². The molecule has 5 nitrogen and oxygen atoms in total. The van der Waals surface area contributed by atoms with Gasteiger partial charge in [0.05, 0.1) is 5.69 Å². The number of hydrogen-bond donors (Lipinski definition) is 2. The van der Waals surface area contributed by atoms with E-state index in [1.165, 1.54) is 6.92 Å². The van der Waals surface area contributed by atoms with Crippen LogP contribution < -0.4 is 16.0 Å². The third kappa shape index (κ3) is 4.09. The Hall–Kier alpha value is -2.82. The number of imide groups is 1. The first-order chi connectivity index (χ1) is 10.6. The van der Waals surface area contributed by atoms with Gasteiger partial charge in [-0.3, -0.25) is 4.79 Å². The standard InChI is InChI=1S/C17H19N3O2/c1-13(21)20(16-9-5-8-15(18)12-16)17(22)19-11-10-14-6-3-2-4-7-14/h2-9,12H,10-11,18H2,1H3,(H,19,22). The molecule has 2 aromatic rings. The molecule has 0 unspecified atom stereocenters. The molecule has 0 saturated carbocycles. The summed E-state index contributed by atoms with van der Waals surface area (Å²) in [6.45, 7) is 1.80. The van der Waals surface area contributed by atoms with Crippen molar-refractivity contribution in [1.29, 1.82) is 0 Å². The number of hydrogen-bond acceptors (Lipinski definition) is 3. The van der Waals surface area contributed by atoms with E-state index in [1.54, 1.807) is 24.3 Å². The molecule has 3 amide bonds. The summed E-state index contributed by atoms with van der Waals surface area (Å²) in [4.78, 5) is 25.1. The Morgan fingerprint density at radius 2 is 1.82 bits per heavy atom. The number of carbonyl (C=O) groups excluding carboxylic acids is 2. The number of nitrogen functional groups attached to an aromatic ring is 1. The van der Waals surface area contributed by atoms with Crippen LogP contribution in [0.4, 0.5) is 16.2 Å². The Kier molecular flexibility index (Phi) is 5.14. The van der Waals surface area contributed by atoms with Crippen molar-refractivity contribution >= 4 is 23.3 Å². The number of amides is 3. The number of anilines is 2. The minimum absolute atomic E-state index is 0.359. The third-order valence-corrected chi connectivity index (χ3v) is 3.18. The molecule has 0 aliphatic heterocycles. The van der Waals surface area contributed by atoms with Gasteiger partial charge in [-0.05, 0) is 30.2 Å². The number of nitrogens with one attached hydrogen (secondary N) is 1. The average molecular weight is 297 g/mol. The fourth-order valence-electron chi connectivity index (χ4n) is 2.14. The summed E-state index contributed by atoms with van der Waals surface area (Å²) in [6.07, 6.45) is 0.704. The molecule has 0 fully saturated rings. The third-order valence-electron chi connectivity index (χ3n) is 3.18. The van der Waals surface area contributed by atoms with Gasteiger partial charge in [0.25, 0.3) is 0 Å². The number of nitrogens with zero attached hydrogens (tertiary/aromatic N) is 1. The Balaban J connectivity index is 2.00. The number of urea groups is 1. The van der Waals surface area contributed by atoms with Crippen molar-refractivity contribution in [2.24, 2.45) is 0 Å². The molecule has 0 aliphatic carbocycles. The first-order valence-electron chi connectivity index (χ1n) is 7.06. The molecule has 0 aliphatic rings. The van der Waals surface area contributed by atoms with Crippen LogP contribution in [0.2, 0.25) is 0 Å². The molecule has 0 radical (unpaired) electrons. The predicted molar refractivity (Wildman–Crippen MR) is 87.6 cm³/mol. The van der Waals surface area contributed by atoms with Gasteiger partial charge < -0.3 is 11.1 Å². The zero-order valence-corrected chi connectivity index (χ0v) is 12.5. The summed E-state index contributed by atoms with van der Waals surface area (Å²) in [5, 5.41) is 2.76. The lowest BCUT2D eigenvalue weighted by molar-refractivity contribution is -0.115. The molecule has 114 valence electrons. The molecule has 5 heteroatoms. The zero-order chi connectivity index (χ0) is 15.9. The number of benzene rings is 2. The summed E-state index contributed by atoms with van der Waals surface area (Å²) in [5.74, 6) is -0.359. The van der Waals surface area contributed by atoms with Gasteiger partial charge in [0.2, 0.25) is 5.91 Å². The van der Waals surface area contributed by atoms with E-state index in [-0.39, 0.29) is 5.91 Å². The van der Waals surface area contributed by atoms with Crippen molar-refractivity contribution in [1.82, 2.24) is 5.32 Å². The molecule has 3 N–H and O–H groups in total. The molecule has 0 saturated heterocycles. The quantitative estimate of drug-likeness (QED) is 0.852. The van der Waals surface area contributed by atoms with E-state index in [1.807, 2.05) is 30.3 Å². The first kappa shape index (κ1) is 15.6. The zero-order valence-electron chi connectivity index (χ0n) is 12.5. The van der Waals surface area contributed by atoms with Crippen LogP contribution in [0.5, 0.6) is 0 Å². The molecule has 0 bridgehead atoms. The molecule has 0 aromatic heterocycles. The van der Waals surface area contributed by atoms with Crippen LogP contribution in [-0.4, -0.2) is 18.5 Å². The van der Waals surface area contributed by atoms with Crippen LogP contribution in [0.3, 0.4) is 0 Å². The smallest absolute Gasteiger partial charge is 0.328 e. The van der Waals surface area contributed by atoms with Crippen molar-refractivity contribution in [3.05, 3.63) is 60.2 Å². The van der Waals surface area contributed by atoms with E-state index in [0.29, 0.717) is 24.3 Å². The molecule has 0 atom stereocenters. The number of carbonyl (C=O) groups is 2. The summed E-state index contributed by atoms with van der Waals surface area (Å²) in [5.41, 5.74) is 7.79. The van der Waals surface area contributed by atoms with Gasteiger partial charge in [0, 0.05) is 19.2 Å². The van der Waals surface area contributed by atoms with Gasteiger partial charge in [-0.25, -0.2) is 9.69 Å². The Morgan fingerprint density at radius 3 is 2.45 bits per heavy atom. The van der Waals surface area contributed by atoms with Gasteiger partial charge in [0.15, 0.2) is 0 Å². The molecular formula is C17H19N3O2. The van der Waals surface area contributed by atoms with E-state index in [0.717, 1.165) is 10.5 Å². The monoisotopic (exact) mass is 297 g/mol. The highest BCUT2D eigenvalue weighted by atomic mass is 16.2. The van der Waals surface area contributed by atoms with E-state index in [4.69, 9.17) is 5.73 Å². The van der Waals surface area contributed by atoms with Gasteiger partial charge in [0.1, 0.15) is 0 Å². The molecule has 2 rings (SSSR count). The Morgan fingerprint density at radius 1 is 1.09 bits per heavy atom. The highest BCUT2D eigenvalue weighted by Gasteiger charge is 2.19. The van der Waals surface area contributed by atoms with Crippen molar-refractivity contribution in [2.75, 3.05) is 17.2 Å². The van der Waals surface area contributed by atoms with E-state index in [2.05, 4.69) is 5.32 Å². The molecule has 0 heterocycles. The minimum atomic E-state index is -0.450. The summed E-state index contributed by atoms with van der Waals surface area (Å²) in [6, 6.07) is 16.1. The summed E-state index contributed by atoms with van der Waals surface area (Å²) in [7, 11) is 0. The van der Waals surface area contributed by atoms with Crippen LogP contribution >= 0.6 is 0 Å². The predicted octanol–water partition coefficient (Wildman–Crippen LogP) is 2.57. The highest BCUT2D eigenvalue weighted by molar-refractivity contribution is 6.13. The average Bonchev–Trinajstić information content (AvgIpc) is 2.48. The Labute approximate surface area is 129 Å². The molecular weight excluding hydrogens is 278 g/mol. The van der Waals surface area contributed by atoms with Crippen LogP contribution in [-0.2, 0) is 11.2 Å². The highest BCUT2D eigenvalue weighted by Crippen LogP contribution is 2.17. The van der Waals surface area contributed by atoms with Crippen molar-refractivity contribution in [2.45, 2.75) is 13.3 Å². The number of nitrogens with two attached hydrogens (primary N) is 1.